The van der Waals surface area contributed by atoms with Gasteiger partial charge in [0.05, 0.1) is 6.54 Å². The molecule has 2 radical (unpaired) electrons. The molecule has 0 aromatic carbocycles. The summed E-state index contributed by atoms with van der Waals surface area (Å²) in [5.41, 5.74) is 1.16. The third-order valence-electron chi connectivity index (χ3n) is 3.67. The smallest absolute Gasteiger partial charge is 0.133 e. The van der Waals surface area contributed by atoms with E-state index in [0.717, 1.165) is 70.8 Å². The number of aldehydes is 1. The van der Waals surface area contributed by atoms with Crippen LogP contribution in [0.2, 0.25) is 0 Å². The van der Waals surface area contributed by atoms with Crippen LogP contribution in [0, 0.1) is 6.54 Å². The van der Waals surface area contributed by atoms with Crippen LogP contribution in [0.1, 0.15) is 6.92 Å². The van der Waals surface area contributed by atoms with Gasteiger partial charge >= 0.3 is 0 Å². The summed E-state index contributed by atoms with van der Waals surface area (Å²) in [6, 6.07) is 0. The standard InChI is InChI=1S/C17H30N4O.2Y/c1-4-7-19-10-11-20(14-15-22)8-5-18-6-9-21(13-12-19)16-17(2)3;;/h4,9,15H,1-2,5-8,10-14,16H2,3H3;;/q-2;;. The summed E-state index contributed by atoms with van der Waals surface area (Å²) in [4.78, 5) is 17.6. The van der Waals surface area contributed by atoms with Crippen molar-refractivity contribution in [1.82, 2.24) is 14.7 Å². The molecule has 0 unspecified atom stereocenters. The van der Waals surface area contributed by atoms with Crippen molar-refractivity contribution in [3.05, 3.63) is 36.7 Å². The van der Waals surface area contributed by atoms with Gasteiger partial charge in [0.2, 0.25) is 0 Å². The molecule has 0 amide bonds. The van der Waals surface area contributed by atoms with Gasteiger partial charge in [-0.05, 0) is 26.6 Å². The summed E-state index contributed by atoms with van der Waals surface area (Å²) in [5.74, 6) is 0. The van der Waals surface area contributed by atoms with Crippen LogP contribution in [0.3, 0.4) is 0 Å². The van der Waals surface area contributed by atoms with Crippen LogP contribution >= 0.6 is 0 Å². The molecule has 0 saturated carbocycles. The van der Waals surface area contributed by atoms with E-state index < -0.39 is 0 Å². The summed E-state index contributed by atoms with van der Waals surface area (Å²) in [6.07, 6.45) is 2.92. The van der Waals surface area contributed by atoms with E-state index in [-0.39, 0.29) is 65.4 Å². The van der Waals surface area contributed by atoms with Crippen LogP contribution in [-0.4, -0.2) is 86.4 Å². The molecule has 0 bridgehead atoms. The molecule has 0 N–H and O–H groups in total. The molecule has 0 aromatic rings. The summed E-state index contributed by atoms with van der Waals surface area (Å²) in [6.45, 7) is 20.4. The van der Waals surface area contributed by atoms with E-state index in [1.807, 2.05) is 6.08 Å². The van der Waals surface area contributed by atoms with Crippen molar-refractivity contribution >= 4 is 6.29 Å². The molecule has 1 aliphatic rings. The molecule has 1 saturated heterocycles. The van der Waals surface area contributed by atoms with Gasteiger partial charge in [-0.15, -0.1) is 13.1 Å². The molecule has 7 heteroatoms. The first-order chi connectivity index (χ1) is 10.7. The Labute approximate surface area is 198 Å². The summed E-state index contributed by atoms with van der Waals surface area (Å²) in [7, 11) is 0. The summed E-state index contributed by atoms with van der Waals surface area (Å²) < 4.78 is 0. The molecule has 1 heterocycles. The Morgan fingerprint density at radius 1 is 1.12 bits per heavy atom. The van der Waals surface area contributed by atoms with Gasteiger partial charge in [-0.25, -0.2) is 0 Å². The third-order valence-corrected chi connectivity index (χ3v) is 3.67. The molecule has 0 aliphatic carbocycles. The Morgan fingerprint density at radius 3 is 2.33 bits per heavy atom. The maximum Gasteiger partial charge on any atom is 0.133 e. The average Bonchev–Trinajstić information content (AvgIpc) is 2.46. The van der Waals surface area contributed by atoms with Gasteiger partial charge in [-0.3, -0.25) is 22.9 Å². The predicted molar refractivity (Wildman–Crippen MR) is 92.9 cm³/mol. The van der Waals surface area contributed by atoms with Gasteiger partial charge in [0.1, 0.15) is 6.29 Å². The van der Waals surface area contributed by atoms with Gasteiger partial charge in [0.15, 0.2) is 0 Å². The Morgan fingerprint density at radius 2 is 1.75 bits per heavy atom. The molecule has 132 valence electrons. The molecule has 5 nitrogen and oxygen atoms in total. The second-order valence-corrected chi connectivity index (χ2v) is 5.80. The first-order valence-corrected chi connectivity index (χ1v) is 8.00. The Balaban J connectivity index is 0. The van der Waals surface area contributed by atoms with Crippen LogP contribution in [0.15, 0.2) is 24.8 Å². The number of hydrogen-bond acceptors (Lipinski definition) is 4. The third kappa shape index (κ3) is 13.4. The fraction of sp³-hybridized carbons (Fsp3) is 0.647. The van der Waals surface area contributed by atoms with E-state index in [1.165, 1.54) is 0 Å². The normalized spacial score (nSPS) is 19.0. The SMILES string of the molecule is C=CCN1CCN(CC(=C)C)[CH-]C[N-]CCN(CC=O)CC1.[Y].[Y]. The maximum absolute atomic E-state index is 10.8. The second-order valence-electron chi connectivity index (χ2n) is 5.80. The van der Waals surface area contributed by atoms with Gasteiger partial charge in [0.25, 0.3) is 0 Å². The molecular weight excluding hydrogens is 454 g/mol. The largest absolute Gasteiger partial charge is 0.686 e. The van der Waals surface area contributed by atoms with E-state index in [9.17, 15) is 4.79 Å². The van der Waals surface area contributed by atoms with Gasteiger partial charge in [-0.1, -0.05) is 18.2 Å². The van der Waals surface area contributed by atoms with Crippen molar-refractivity contribution in [1.29, 1.82) is 0 Å². The fourth-order valence-corrected chi connectivity index (χ4v) is 2.49. The molecule has 0 atom stereocenters. The Kier molecular flexibility index (Phi) is 20.1. The Hall–Kier alpha value is 1.20. The van der Waals surface area contributed by atoms with Crippen molar-refractivity contribution in [3.63, 3.8) is 0 Å². The van der Waals surface area contributed by atoms with Crippen molar-refractivity contribution in [2.45, 2.75) is 6.92 Å². The number of hydrogen-bond donors (Lipinski definition) is 0. The molecule has 1 fully saturated rings. The zero-order valence-corrected chi connectivity index (χ0v) is 20.7. The molecule has 0 spiro atoms. The molecule has 0 aromatic heterocycles. The minimum absolute atomic E-state index is 0. The molecule has 24 heavy (non-hydrogen) atoms. The maximum atomic E-state index is 10.8. The van der Waals surface area contributed by atoms with Gasteiger partial charge in [-0.2, -0.15) is 0 Å². The minimum atomic E-state index is 0. The molecular formula is C17H30N4OY2-2. The van der Waals surface area contributed by atoms with Gasteiger partial charge in [0, 0.05) is 91.6 Å². The van der Waals surface area contributed by atoms with Gasteiger partial charge < -0.3 is 15.0 Å². The van der Waals surface area contributed by atoms with Crippen LogP contribution in [0.4, 0.5) is 0 Å². The van der Waals surface area contributed by atoms with Crippen molar-refractivity contribution in [2.24, 2.45) is 0 Å². The summed E-state index contributed by atoms with van der Waals surface area (Å²) >= 11 is 0. The van der Waals surface area contributed by atoms with E-state index in [4.69, 9.17) is 0 Å². The van der Waals surface area contributed by atoms with E-state index in [0.29, 0.717) is 6.54 Å². The minimum Gasteiger partial charge on any atom is -0.686 e. The van der Waals surface area contributed by atoms with Crippen molar-refractivity contribution in [2.75, 3.05) is 65.4 Å². The Bertz CT molecular complexity index is 355. The number of carbonyl (C=O) groups is 1. The van der Waals surface area contributed by atoms with Crippen molar-refractivity contribution < 1.29 is 70.2 Å². The predicted octanol–water partition coefficient (Wildman–Crippen LogP) is 1.40. The average molecular weight is 484 g/mol. The number of carbonyl (C=O) groups excluding carboxylic acids is 1. The summed E-state index contributed by atoms with van der Waals surface area (Å²) in [5, 5.41) is 4.54. The number of nitrogens with zero attached hydrogens (tertiary/aromatic N) is 4. The van der Waals surface area contributed by atoms with Crippen LogP contribution in [-0.2, 0) is 70.2 Å². The van der Waals surface area contributed by atoms with Crippen LogP contribution in [0.25, 0.3) is 5.32 Å². The monoisotopic (exact) mass is 484 g/mol. The van der Waals surface area contributed by atoms with Crippen LogP contribution < -0.4 is 0 Å². The zero-order valence-electron chi connectivity index (χ0n) is 15.1. The fourth-order valence-electron chi connectivity index (χ4n) is 2.49. The van der Waals surface area contributed by atoms with E-state index in [1.54, 1.807) is 0 Å². The first kappa shape index (κ1) is 27.4. The van der Waals surface area contributed by atoms with E-state index in [2.05, 4.69) is 46.6 Å². The second kappa shape index (κ2) is 17.6. The first-order valence-electron chi connectivity index (χ1n) is 8.00. The van der Waals surface area contributed by atoms with Crippen molar-refractivity contribution in [3.8, 4) is 0 Å². The molecule has 1 aliphatic heterocycles. The topological polar surface area (TPSA) is 40.9 Å². The van der Waals surface area contributed by atoms with Crippen LogP contribution in [0.5, 0.6) is 0 Å². The number of rotatable bonds is 6. The quantitative estimate of drug-likeness (QED) is 0.325. The zero-order chi connectivity index (χ0) is 16.2. The molecule has 1 rings (SSSR count). The van der Waals surface area contributed by atoms with E-state index >= 15 is 0 Å².